The summed E-state index contributed by atoms with van der Waals surface area (Å²) in [5.41, 5.74) is 1.18. The summed E-state index contributed by atoms with van der Waals surface area (Å²) in [5, 5.41) is 2.71. The van der Waals surface area contributed by atoms with E-state index in [0.29, 0.717) is 46.7 Å². The highest BCUT2D eigenvalue weighted by Gasteiger charge is 2.06. The van der Waals surface area contributed by atoms with Crippen LogP contribution in [0.5, 0.6) is 5.75 Å². The number of carbonyl (C=O) groups is 2. The number of halogens is 2. The quantitative estimate of drug-likeness (QED) is 0.378. The van der Waals surface area contributed by atoms with Crippen LogP contribution in [0.15, 0.2) is 53.4 Å². The molecule has 7 heteroatoms. The van der Waals surface area contributed by atoms with Gasteiger partial charge in [0.2, 0.25) is 5.91 Å². The van der Waals surface area contributed by atoms with E-state index in [0.717, 1.165) is 0 Å². The number of Topliss-reactive ketones (excluding diaryl/α,β-unsaturated/α-hetero) is 1. The van der Waals surface area contributed by atoms with Crippen molar-refractivity contribution in [3.8, 4) is 5.75 Å². The summed E-state index contributed by atoms with van der Waals surface area (Å²) in [6.07, 6.45) is 0.804. The molecule has 0 unspecified atom stereocenters. The molecule has 2 aromatic carbocycles. The zero-order valence-corrected chi connectivity index (χ0v) is 15.0. The van der Waals surface area contributed by atoms with E-state index in [4.69, 9.17) is 4.74 Å². The first-order chi connectivity index (χ1) is 12.4. The maximum Gasteiger partial charge on any atom is 0.288 e. The fraction of sp³-hybridized carbons (Fsp3) is 0.263. The minimum Gasteiger partial charge on any atom is -0.494 e. The van der Waals surface area contributed by atoms with E-state index in [9.17, 15) is 18.4 Å². The molecule has 1 amide bonds. The highest BCUT2D eigenvalue weighted by Crippen LogP contribution is 2.26. The third-order valence-corrected chi connectivity index (χ3v) is 4.16. The lowest BCUT2D eigenvalue weighted by Gasteiger charge is -2.08. The molecule has 2 rings (SSSR count). The summed E-state index contributed by atoms with van der Waals surface area (Å²) in [7, 11) is 0. The standard InChI is InChI=1S/C19H19F2NO3S/c1-13(23)14-4-8-16(9-5-14)25-12-2-3-18(24)22-15-6-10-17(11-7-15)26-19(20)21/h4-11,19H,2-3,12H2,1H3,(H,22,24). The Bertz CT molecular complexity index is 733. The van der Waals surface area contributed by atoms with Gasteiger partial charge < -0.3 is 10.1 Å². The van der Waals surface area contributed by atoms with Gasteiger partial charge in [0.25, 0.3) is 5.76 Å². The Labute approximate surface area is 154 Å². The molecule has 0 aliphatic heterocycles. The van der Waals surface area contributed by atoms with Crippen LogP contribution in [0.4, 0.5) is 14.5 Å². The molecule has 0 aromatic heterocycles. The van der Waals surface area contributed by atoms with E-state index in [1.54, 1.807) is 48.5 Å². The van der Waals surface area contributed by atoms with Gasteiger partial charge in [0.15, 0.2) is 5.78 Å². The van der Waals surface area contributed by atoms with Crippen molar-refractivity contribution in [3.05, 3.63) is 54.1 Å². The van der Waals surface area contributed by atoms with Crippen LogP contribution in [0.3, 0.4) is 0 Å². The number of anilines is 1. The van der Waals surface area contributed by atoms with E-state index in [1.807, 2.05) is 0 Å². The van der Waals surface area contributed by atoms with Gasteiger partial charge in [-0.05, 0) is 61.9 Å². The largest absolute Gasteiger partial charge is 0.494 e. The molecule has 0 fully saturated rings. The molecule has 2 aromatic rings. The number of thioether (sulfide) groups is 1. The summed E-state index contributed by atoms with van der Waals surface area (Å²) < 4.78 is 30.0. The topological polar surface area (TPSA) is 55.4 Å². The second kappa shape index (κ2) is 9.91. The molecule has 0 radical (unpaired) electrons. The Kier molecular flexibility index (Phi) is 7.59. The second-order valence-electron chi connectivity index (χ2n) is 5.48. The normalized spacial score (nSPS) is 10.6. The van der Waals surface area contributed by atoms with Gasteiger partial charge in [0.05, 0.1) is 6.61 Å². The molecule has 26 heavy (non-hydrogen) atoms. The predicted molar refractivity (Wildman–Crippen MR) is 98.1 cm³/mol. The summed E-state index contributed by atoms with van der Waals surface area (Å²) in [4.78, 5) is 23.5. The third kappa shape index (κ3) is 6.84. The van der Waals surface area contributed by atoms with E-state index in [-0.39, 0.29) is 18.1 Å². The SMILES string of the molecule is CC(=O)c1ccc(OCCCC(=O)Nc2ccc(SC(F)F)cc2)cc1. The molecular formula is C19H19F2NO3S. The van der Waals surface area contributed by atoms with Gasteiger partial charge in [0.1, 0.15) is 5.75 Å². The van der Waals surface area contributed by atoms with Crippen molar-refractivity contribution in [3.63, 3.8) is 0 Å². The van der Waals surface area contributed by atoms with Gasteiger partial charge in [-0.15, -0.1) is 0 Å². The number of carbonyl (C=O) groups excluding carboxylic acids is 2. The summed E-state index contributed by atoms with van der Waals surface area (Å²) in [6, 6.07) is 13.1. The van der Waals surface area contributed by atoms with Gasteiger partial charge >= 0.3 is 0 Å². The Morgan fingerprint density at radius 2 is 1.73 bits per heavy atom. The van der Waals surface area contributed by atoms with Crippen molar-refractivity contribution in [2.75, 3.05) is 11.9 Å². The van der Waals surface area contributed by atoms with Crippen LogP contribution in [-0.4, -0.2) is 24.1 Å². The van der Waals surface area contributed by atoms with Crippen LogP contribution in [-0.2, 0) is 4.79 Å². The van der Waals surface area contributed by atoms with Crippen molar-refractivity contribution >= 4 is 29.1 Å². The molecule has 0 bridgehead atoms. The number of ether oxygens (including phenoxy) is 1. The summed E-state index contributed by atoms with van der Waals surface area (Å²) >= 11 is 0.462. The molecule has 0 spiro atoms. The lowest BCUT2D eigenvalue weighted by molar-refractivity contribution is -0.116. The lowest BCUT2D eigenvalue weighted by Crippen LogP contribution is -2.12. The van der Waals surface area contributed by atoms with Crippen LogP contribution in [0.1, 0.15) is 30.1 Å². The highest BCUT2D eigenvalue weighted by atomic mass is 32.2. The third-order valence-electron chi connectivity index (χ3n) is 3.44. The Balaban J connectivity index is 1.69. The molecular weight excluding hydrogens is 360 g/mol. The molecule has 0 atom stereocenters. The average Bonchev–Trinajstić information content (AvgIpc) is 2.60. The zero-order chi connectivity index (χ0) is 18.9. The number of hydrogen-bond donors (Lipinski definition) is 1. The van der Waals surface area contributed by atoms with Crippen molar-refractivity contribution in [1.82, 2.24) is 0 Å². The Morgan fingerprint density at radius 1 is 1.08 bits per heavy atom. The van der Waals surface area contributed by atoms with Crippen LogP contribution >= 0.6 is 11.8 Å². The highest BCUT2D eigenvalue weighted by molar-refractivity contribution is 7.99. The Morgan fingerprint density at radius 3 is 2.31 bits per heavy atom. The second-order valence-corrected chi connectivity index (χ2v) is 6.55. The Hall–Kier alpha value is -2.41. The van der Waals surface area contributed by atoms with Gasteiger partial charge in [0, 0.05) is 22.6 Å². The van der Waals surface area contributed by atoms with Crippen LogP contribution in [0.25, 0.3) is 0 Å². The van der Waals surface area contributed by atoms with Crippen molar-refractivity contribution in [2.45, 2.75) is 30.4 Å². The number of benzene rings is 2. The number of alkyl halides is 2. The number of nitrogens with one attached hydrogen (secondary N) is 1. The van der Waals surface area contributed by atoms with E-state index < -0.39 is 5.76 Å². The van der Waals surface area contributed by atoms with Gasteiger partial charge in [-0.3, -0.25) is 9.59 Å². The maximum atomic E-state index is 12.2. The van der Waals surface area contributed by atoms with Gasteiger partial charge in [-0.25, -0.2) is 0 Å². The van der Waals surface area contributed by atoms with Crippen LogP contribution in [0, 0.1) is 0 Å². The van der Waals surface area contributed by atoms with Crippen molar-refractivity contribution < 1.29 is 23.1 Å². The fourth-order valence-corrected chi connectivity index (χ4v) is 2.65. The first-order valence-electron chi connectivity index (χ1n) is 8.02. The molecule has 4 nitrogen and oxygen atoms in total. The minimum absolute atomic E-state index is 0.00551. The number of hydrogen-bond acceptors (Lipinski definition) is 4. The van der Waals surface area contributed by atoms with E-state index in [1.165, 1.54) is 6.92 Å². The maximum absolute atomic E-state index is 12.2. The molecule has 1 N–H and O–H groups in total. The smallest absolute Gasteiger partial charge is 0.288 e. The first kappa shape index (κ1) is 19.9. The minimum atomic E-state index is -2.46. The number of rotatable bonds is 9. The zero-order valence-electron chi connectivity index (χ0n) is 14.2. The number of amides is 1. The van der Waals surface area contributed by atoms with Crippen LogP contribution < -0.4 is 10.1 Å². The molecule has 0 aliphatic carbocycles. The van der Waals surface area contributed by atoms with Gasteiger partial charge in [-0.1, -0.05) is 11.8 Å². The van der Waals surface area contributed by atoms with E-state index in [2.05, 4.69) is 5.32 Å². The average molecular weight is 379 g/mol. The van der Waals surface area contributed by atoms with Crippen molar-refractivity contribution in [2.24, 2.45) is 0 Å². The monoisotopic (exact) mass is 379 g/mol. The fourth-order valence-electron chi connectivity index (χ4n) is 2.15. The van der Waals surface area contributed by atoms with Crippen molar-refractivity contribution in [1.29, 1.82) is 0 Å². The first-order valence-corrected chi connectivity index (χ1v) is 8.90. The van der Waals surface area contributed by atoms with Gasteiger partial charge in [-0.2, -0.15) is 8.78 Å². The summed E-state index contributed by atoms with van der Waals surface area (Å²) in [6.45, 7) is 1.87. The molecule has 0 heterocycles. The van der Waals surface area contributed by atoms with Crippen LogP contribution in [0.2, 0.25) is 0 Å². The number of ketones is 1. The molecule has 0 aliphatic rings. The van der Waals surface area contributed by atoms with E-state index >= 15 is 0 Å². The summed E-state index contributed by atoms with van der Waals surface area (Å²) in [5.74, 6) is -2.00. The molecule has 0 saturated heterocycles. The molecule has 138 valence electrons. The molecule has 0 saturated carbocycles. The lowest BCUT2D eigenvalue weighted by atomic mass is 10.1. The predicted octanol–water partition coefficient (Wildman–Crippen LogP) is 5.00.